The van der Waals surface area contributed by atoms with Crippen LogP contribution in [0.3, 0.4) is 0 Å². The van der Waals surface area contributed by atoms with Crippen LogP contribution in [0.15, 0.2) is 18.2 Å². The maximum atomic E-state index is 5.49. The maximum Gasteiger partial charge on any atom is 0.231 e. The van der Waals surface area contributed by atoms with Crippen LogP contribution in [0.25, 0.3) is 0 Å². The first-order chi connectivity index (χ1) is 7.29. The van der Waals surface area contributed by atoms with Gasteiger partial charge in [0.15, 0.2) is 11.5 Å². The number of rotatable bonds is 4. The number of likely N-dealkylation sites (N-methyl/N-ethyl adjacent to an activating group) is 1. The Bertz CT molecular complexity index is 341. The summed E-state index contributed by atoms with van der Waals surface area (Å²) in [7, 11) is 2.05. The summed E-state index contributed by atoms with van der Waals surface area (Å²) < 4.78 is 10.6. The van der Waals surface area contributed by atoms with Crippen molar-refractivity contribution < 1.29 is 9.47 Å². The molecule has 82 valence electrons. The topological polar surface area (TPSA) is 47.7 Å². The number of nitrogens with zero attached hydrogens (tertiary/aromatic N) is 1. The summed E-state index contributed by atoms with van der Waals surface area (Å²) >= 11 is 0. The van der Waals surface area contributed by atoms with Crippen LogP contribution in [-0.2, 0) is 6.54 Å². The second kappa shape index (κ2) is 4.51. The van der Waals surface area contributed by atoms with Crippen molar-refractivity contribution >= 4 is 0 Å². The monoisotopic (exact) mass is 208 g/mol. The Labute approximate surface area is 89.6 Å². The van der Waals surface area contributed by atoms with E-state index in [-0.39, 0.29) is 0 Å². The molecular formula is C11H16N2O2. The van der Waals surface area contributed by atoms with Gasteiger partial charge in [0.05, 0.1) is 0 Å². The first kappa shape index (κ1) is 10.3. The van der Waals surface area contributed by atoms with Gasteiger partial charge in [0.1, 0.15) is 0 Å². The van der Waals surface area contributed by atoms with E-state index in [4.69, 9.17) is 15.2 Å². The highest BCUT2D eigenvalue weighted by Gasteiger charge is 2.13. The molecule has 1 aromatic carbocycles. The van der Waals surface area contributed by atoms with E-state index in [1.54, 1.807) is 0 Å². The zero-order valence-electron chi connectivity index (χ0n) is 8.90. The summed E-state index contributed by atoms with van der Waals surface area (Å²) in [5, 5.41) is 0. The lowest BCUT2D eigenvalue weighted by Gasteiger charge is -2.15. The molecule has 0 amide bonds. The Morgan fingerprint density at radius 1 is 1.33 bits per heavy atom. The van der Waals surface area contributed by atoms with Crippen LogP contribution in [0.4, 0.5) is 0 Å². The van der Waals surface area contributed by atoms with Crippen LogP contribution in [0, 0.1) is 0 Å². The SMILES string of the molecule is CN(CCN)Cc1ccc2c(c1)OCO2. The molecule has 0 spiro atoms. The standard InChI is InChI=1S/C11H16N2O2/c1-13(5-4-12)7-9-2-3-10-11(6-9)15-8-14-10/h2-3,6H,4-5,7-8,12H2,1H3. The van der Waals surface area contributed by atoms with Crippen molar-refractivity contribution in [3.63, 3.8) is 0 Å². The van der Waals surface area contributed by atoms with E-state index in [0.29, 0.717) is 13.3 Å². The molecule has 4 nitrogen and oxygen atoms in total. The van der Waals surface area contributed by atoms with Gasteiger partial charge in [0.25, 0.3) is 0 Å². The number of nitrogens with two attached hydrogens (primary N) is 1. The van der Waals surface area contributed by atoms with Crippen molar-refractivity contribution in [2.75, 3.05) is 26.9 Å². The lowest BCUT2D eigenvalue weighted by molar-refractivity contribution is 0.174. The molecule has 0 aliphatic carbocycles. The highest BCUT2D eigenvalue weighted by Crippen LogP contribution is 2.32. The van der Waals surface area contributed by atoms with Crippen molar-refractivity contribution in [2.24, 2.45) is 5.73 Å². The maximum absolute atomic E-state index is 5.49. The van der Waals surface area contributed by atoms with Crippen molar-refractivity contribution in [2.45, 2.75) is 6.54 Å². The van der Waals surface area contributed by atoms with Crippen molar-refractivity contribution in [3.8, 4) is 11.5 Å². The molecule has 0 saturated carbocycles. The van der Waals surface area contributed by atoms with Crippen LogP contribution >= 0.6 is 0 Å². The molecule has 0 aromatic heterocycles. The molecule has 0 saturated heterocycles. The van der Waals surface area contributed by atoms with Gasteiger partial charge in [-0.3, -0.25) is 0 Å². The molecular weight excluding hydrogens is 192 g/mol. The molecule has 0 bridgehead atoms. The minimum Gasteiger partial charge on any atom is -0.454 e. The first-order valence-electron chi connectivity index (χ1n) is 5.07. The lowest BCUT2D eigenvalue weighted by Crippen LogP contribution is -2.24. The average Bonchev–Trinajstić information content (AvgIpc) is 2.65. The smallest absolute Gasteiger partial charge is 0.231 e. The van der Waals surface area contributed by atoms with Crippen LogP contribution < -0.4 is 15.2 Å². The third-order valence-corrected chi connectivity index (χ3v) is 2.40. The van der Waals surface area contributed by atoms with Gasteiger partial charge in [-0.15, -0.1) is 0 Å². The Morgan fingerprint density at radius 3 is 2.93 bits per heavy atom. The normalized spacial score (nSPS) is 13.5. The highest BCUT2D eigenvalue weighted by atomic mass is 16.7. The number of fused-ring (bicyclic) bond motifs is 1. The molecule has 2 rings (SSSR count). The van der Waals surface area contributed by atoms with E-state index in [2.05, 4.69) is 18.0 Å². The van der Waals surface area contributed by atoms with Crippen molar-refractivity contribution in [1.29, 1.82) is 0 Å². The molecule has 15 heavy (non-hydrogen) atoms. The molecule has 2 N–H and O–H groups in total. The Balaban J connectivity index is 2.03. The molecule has 1 aliphatic heterocycles. The van der Waals surface area contributed by atoms with Gasteiger partial charge in [-0.2, -0.15) is 0 Å². The molecule has 0 radical (unpaired) electrons. The Morgan fingerprint density at radius 2 is 2.13 bits per heavy atom. The summed E-state index contributed by atoms with van der Waals surface area (Å²) in [6.07, 6.45) is 0. The molecule has 1 aromatic rings. The molecule has 4 heteroatoms. The van der Waals surface area contributed by atoms with Crippen LogP contribution in [0.2, 0.25) is 0 Å². The van der Waals surface area contributed by atoms with Gasteiger partial charge in [0.2, 0.25) is 6.79 Å². The second-order valence-corrected chi connectivity index (χ2v) is 3.71. The van der Waals surface area contributed by atoms with Crippen molar-refractivity contribution in [1.82, 2.24) is 4.90 Å². The Hall–Kier alpha value is -1.26. The zero-order valence-corrected chi connectivity index (χ0v) is 8.90. The number of ether oxygens (including phenoxy) is 2. The summed E-state index contributed by atoms with van der Waals surface area (Å²) in [6, 6.07) is 6.03. The fourth-order valence-corrected chi connectivity index (χ4v) is 1.65. The fourth-order valence-electron chi connectivity index (χ4n) is 1.65. The van der Waals surface area contributed by atoms with Gasteiger partial charge >= 0.3 is 0 Å². The predicted molar refractivity (Wildman–Crippen MR) is 58.0 cm³/mol. The summed E-state index contributed by atoms with van der Waals surface area (Å²) in [6.45, 7) is 2.79. The highest BCUT2D eigenvalue weighted by molar-refractivity contribution is 5.44. The van der Waals surface area contributed by atoms with Gasteiger partial charge < -0.3 is 20.1 Å². The Kier molecular flexibility index (Phi) is 3.08. The van der Waals surface area contributed by atoms with Gasteiger partial charge in [-0.05, 0) is 24.7 Å². The summed E-state index contributed by atoms with van der Waals surface area (Å²) in [5.74, 6) is 1.67. The van der Waals surface area contributed by atoms with E-state index >= 15 is 0 Å². The molecule has 0 fully saturated rings. The zero-order chi connectivity index (χ0) is 10.7. The average molecular weight is 208 g/mol. The third kappa shape index (κ3) is 2.40. The summed E-state index contributed by atoms with van der Waals surface area (Å²) in [4.78, 5) is 2.18. The van der Waals surface area contributed by atoms with Gasteiger partial charge in [-0.25, -0.2) is 0 Å². The fraction of sp³-hybridized carbons (Fsp3) is 0.455. The van der Waals surface area contributed by atoms with Gasteiger partial charge in [0, 0.05) is 19.6 Å². The molecule has 0 atom stereocenters. The van der Waals surface area contributed by atoms with Crippen molar-refractivity contribution in [3.05, 3.63) is 23.8 Å². The van der Waals surface area contributed by atoms with Crippen LogP contribution in [-0.4, -0.2) is 31.8 Å². The van der Waals surface area contributed by atoms with E-state index in [1.165, 1.54) is 5.56 Å². The minimum atomic E-state index is 0.331. The minimum absolute atomic E-state index is 0.331. The lowest BCUT2D eigenvalue weighted by atomic mass is 10.2. The van der Waals surface area contributed by atoms with Crippen LogP contribution in [0.5, 0.6) is 11.5 Å². The second-order valence-electron chi connectivity index (χ2n) is 3.71. The summed E-state index contributed by atoms with van der Waals surface area (Å²) in [5.41, 5.74) is 6.70. The number of hydrogen-bond acceptors (Lipinski definition) is 4. The van der Waals surface area contributed by atoms with Gasteiger partial charge in [-0.1, -0.05) is 6.07 Å². The van der Waals surface area contributed by atoms with Crippen LogP contribution in [0.1, 0.15) is 5.56 Å². The van der Waals surface area contributed by atoms with E-state index < -0.39 is 0 Å². The van der Waals surface area contributed by atoms with E-state index in [9.17, 15) is 0 Å². The van der Waals surface area contributed by atoms with E-state index in [1.807, 2.05) is 12.1 Å². The molecule has 1 aliphatic rings. The van der Waals surface area contributed by atoms with E-state index in [0.717, 1.165) is 24.6 Å². The predicted octanol–water partition coefficient (Wildman–Crippen LogP) is 0.806. The first-order valence-corrected chi connectivity index (χ1v) is 5.07. The molecule has 1 heterocycles. The number of benzene rings is 1. The number of hydrogen-bond donors (Lipinski definition) is 1. The third-order valence-electron chi connectivity index (χ3n) is 2.40. The largest absolute Gasteiger partial charge is 0.454 e. The molecule has 0 unspecified atom stereocenters. The quantitative estimate of drug-likeness (QED) is 0.795.